The van der Waals surface area contributed by atoms with Gasteiger partial charge in [-0.25, -0.2) is 0 Å². The number of hydrogen-bond donors (Lipinski definition) is 1. The van der Waals surface area contributed by atoms with Gasteiger partial charge in [0.25, 0.3) is 0 Å². The van der Waals surface area contributed by atoms with Crippen molar-refractivity contribution in [3.63, 3.8) is 0 Å². The molecule has 0 spiro atoms. The predicted octanol–water partition coefficient (Wildman–Crippen LogP) is 0.715. The third kappa shape index (κ3) is 5.09. The molecule has 1 aliphatic rings. The van der Waals surface area contributed by atoms with Crippen molar-refractivity contribution in [2.24, 2.45) is 0 Å². The number of nitrogens with zero attached hydrogens (tertiary/aromatic N) is 2. The van der Waals surface area contributed by atoms with Crippen molar-refractivity contribution in [2.45, 2.75) is 52.4 Å². The van der Waals surface area contributed by atoms with Gasteiger partial charge in [-0.15, -0.1) is 0 Å². The monoisotopic (exact) mass is 272 g/mol. The Bertz CT molecular complexity index is 305. The molecule has 1 aliphatic heterocycles. The predicted molar refractivity (Wildman–Crippen MR) is 75.0 cm³/mol. The second kappa shape index (κ2) is 6.68. The van der Waals surface area contributed by atoms with E-state index >= 15 is 0 Å². The maximum absolute atomic E-state index is 11.4. The van der Waals surface area contributed by atoms with Crippen LogP contribution in [0.5, 0.6) is 0 Å². The number of carbonyl (C=O) groups excluding carboxylic acids is 1. The van der Waals surface area contributed by atoms with Gasteiger partial charge in [0, 0.05) is 38.6 Å². The summed E-state index contributed by atoms with van der Waals surface area (Å²) in [5.74, 6) is 0.122. The molecular formula is C14H28N2O3. The highest BCUT2D eigenvalue weighted by Gasteiger charge is 2.35. The molecule has 0 aromatic carbocycles. The van der Waals surface area contributed by atoms with Crippen LogP contribution < -0.4 is 0 Å². The summed E-state index contributed by atoms with van der Waals surface area (Å²) in [4.78, 5) is 15.5. The minimum atomic E-state index is -0.481. The van der Waals surface area contributed by atoms with Crippen LogP contribution >= 0.6 is 0 Å². The highest BCUT2D eigenvalue weighted by atomic mass is 16.5. The van der Waals surface area contributed by atoms with E-state index in [1.54, 1.807) is 6.92 Å². The van der Waals surface area contributed by atoms with Crippen molar-refractivity contribution in [3.05, 3.63) is 0 Å². The van der Waals surface area contributed by atoms with Crippen LogP contribution in [-0.4, -0.2) is 71.3 Å². The van der Waals surface area contributed by atoms with Crippen LogP contribution in [0.3, 0.4) is 0 Å². The second-order valence-corrected chi connectivity index (χ2v) is 6.23. The maximum Gasteiger partial charge on any atom is 0.219 e. The van der Waals surface area contributed by atoms with Gasteiger partial charge in [-0.3, -0.25) is 9.69 Å². The molecule has 1 atom stereocenters. The molecule has 0 bridgehead atoms. The Morgan fingerprint density at radius 1 is 1.37 bits per heavy atom. The summed E-state index contributed by atoms with van der Waals surface area (Å²) in [6.45, 7) is 12.9. The van der Waals surface area contributed by atoms with Crippen molar-refractivity contribution in [1.82, 2.24) is 9.80 Å². The minimum absolute atomic E-state index is 0.108. The number of carbonyl (C=O) groups is 1. The minimum Gasteiger partial charge on any atom is -0.389 e. The molecule has 5 heteroatoms. The molecule has 0 radical (unpaired) electrons. The Kier molecular flexibility index (Phi) is 5.77. The van der Waals surface area contributed by atoms with Crippen LogP contribution in [0.1, 0.15) is 34.6 Å². The molecule has 0 aliphatic carbocycles. The molecule has 1 heterocycles. The summed E-state index contributed by atoms with van der Waals surface area (Å²) in [5, 5.41) is 10.0. The first-order valence-corrected chi connectivity index (χ1v) is 7.02. The van der Waals surface area contributed by atoms with Gasteiger partial charge in [0.15, 0.2) is 0 Å². The lowest BCUT2D eigenvalue weighted by atomic mass is 9.98. The lowest BCUT2D eigenvalue weighted by Gasteiger charge is -2.47. The van der Waals surface area contributed by atoms with E-state index in [1.807, 2.05) is 18.7 Å². The van der Waals surface area contributed by atoms with Crippen LogP contribution in [0.4, 0.5) is 0 Å². The standard InChI is InChI=1S/C14H28N2O3/c1-11(2)19-9-13(18)8-16-7-6-15(12(3)17)10-14(16,4)5/h11,13,18H,6-10H2,1-5H3. The maximum atomic E-state index is 11.4. The molecule has 0 aromatic heterocycles. The molecule has 0 aromatic rings. The van der Waals surface area contributed by atoms with E-state index in [4.69, 9.17) is 4.74 Å². The van der Waals surface area contributed by atoms with Gasteiger partial charge >= 0.3 is 0 Å². The first-order chi connectivity index (χ1) is 8.72. The van der Waals surface area contributed by atoms with E-state index in [9.17, 15) is 9.90 Å². The van der Waals surface area contributed by atoms with Crippen LogP contribution in [0.15, 0.2) is 0 Å². The number of aliphatic hydroxyl groups excluding tert-OH is 1. The Hall–Kier alpha value is -0.650. The van der Waals surface area contributed by atoms with Gasteiger partial charge in [0.1, 0.15) is 0 Å². The molecule has 1 rings (SSSR count). The second-order valence-electron chi connectivity index (χ2n) is 6.23. The summed E-state index contributed by atoms with van der Waals surface area (Å²) >= 11 is 0. The van der Waals surface area contributed by atoms with Gasteiger partial charge in [-0.2, -0.15) is 0 Å². The largest absolute Gasteiger partial charge is 0.389 e. The van der Waals surface area contributed by atoms with Crippen LogP contribution in [-0.2, 0) is 9.53 Å². The molecule has 112 valence electrons. The van der Waals surface area contributed by atoms with Crippen molar-refractivity contribution in [1.29, 1.82) is 0 Å². The Labute approximate surface area is 116 Å². The van der Waals surface area contributed by atoms with Gasteiger partial charge < -0.3 is 14.7 Å². The fraction of sp³-hybridized carbons (Fsp3) is 0.929. The fourth-order valence-electron chi connectivity index (χ4n) is 2.41. The molecule has 1 unspecified atom stereocenters. The van der Waals surface area contributed by atoms with E-state index < -0.39 is 6.10 Å². The van der Waals surface area contributed by atoms with E-state index in [-0.39, 0.29) is 17.6 Å². The highest BCUT2D eigenvalue weighted by Crippen LogP contribution is 2.21. The summed E-state index contributed by atoms with van der Waals surface area (Å²) in [6.07, 6.45) is -0.345. The van der Waals surface area contributed by atoms with E-state index in [0.29, 0.717) is 19.7 Å². The van der Waals surface area contributed by atoms with Crippen LogP contribution in [0.2, 0.25) is 0 Å². The van der Waals surface area contributed by atoms with E-state index in [0.717, 1.165) is 13.1 Å². The van der Waals surface area contributed by atoms with Crippen molar-refractivity contribution in [3.8, 4) is 0 Å². The first kappa shape index (κ1) is 16.4. The summed E-state index contributed by atoms with van der Waals surface area (Å²) in [5.41, 5.74) is -0.108. The Morgan fingerprint density at radius 3 is 2.47 bits per heavy atom. The van der Waals surface area contributed by atoms with Crippen LogP contribution in [0, 0.1) is 0 Å². The SMILES string of the molecule is CC(=O)N1CCN(CC(O)COC(C)C)C(C)(C)C1. The fourth-order valence-corrected chi connectivity index (χ4v) is 2.41. The number of piperazine rings is 1. The van der Waals surface area contributed by atoms with Gasteiger partial charge in [0.2, 0.25) is 5.91 Å². The molecule has 5 nitrogen and oxygen atoms in total. The zero-order valence-corrected chi connectivity index (χ0v) is 12.8. The van der Waals surface area contributed by atoms with E-state index in [2.05, 4.69) is 18.7 Å². The number of ether oxygens (including phenoxy) is 1. The number of rotatable bonds is 5. The highest BCUT2D eigenvalue weighted by molar-refractivity contribution is 5.73. The summed E-state index contributed by atoms with van der Waals surface area (Å²) in [7, 11) is 0. The Morgan fingerprint density at radius 2 is 2.00 bits per heavy atom. The number of β-amino-alcohol motifs (C(OH)–C–C–N with tert-alkyl or cyclic N) is 1. The molecule has 0 saturated carbocycles. The zero-order valence-electron chi connectivity index (χ0n) is 12.8. The zero-order chi connectivity index (χ0) is 14.6. The first-order valence-electron chi connectivity index (χ1n) is 7.02. The number of hydrogen-bond acceptors (Lipinski definition) is 4. The van der Waals surface area contributed by atoms with Crippen molar-refractivity contribution >= 4 is 5.91 Å². The smallest absolute Gasteiger partial charge is 0.219 e. The molecule has 1 amide bonds. The average molecular weight is 272 g/mol. The van der Waals surface area contributed by atoms with Crippen molar-refractivity contribution in [2.75, 3.05) is 32.8 Å². The molecule has 19 heavy (non-hydrogen) atoms. The Balaban J connectivity index is 2.48. The summed E-state index contributed by atoms with van der Waals surface area (Å²) in [6, 6.07) is 0. The topological polar surface area (TPSA) is 53.0 Å². The lowest BCUT2D eigenvalue weighted by Crippen LogP contribution is -2.61. The average Bonchev–Trinajstić information content (AvgIpc) is 2.28. The van der Waals surface area contributed by atoms with Gasteiger partial charge in [-0.1, -0.05) is 0 Å². The lowest BCUT2D eigenvalue weighted by molar-refractivity contribution is -0.134. The van der Waals surface area contributed by atoms with Crippen molar-refractivity contribution < 1.29 is 14.6 Å². The molecule has 1 saturated heterocycles. The molecular weight excluding hydrogens is 244 g/mol. The third-order valence-corrected chi connectivity index (χ3v) is 3.57. The van der Waals surface area contributed by atoms with Crippen LogP contribution in [0.25, 0.3) is 0 Å². The van der Waals surface area contributed by atoms with Gasteiger partial charge in [0.05, 0.1) is 18.8 Å². The number of amides is 1. The normalized spacial score (nSPS) is 21.7. The molecule has 1 N–H and O–H groups in total. The molecule has 1 fully saturated rings. The third-order valence-electron chi connectivity index (χ3n) is 3.57. The number of aliphatic hydroxyl groups is 1. The van der Waals surface area contributed by atoms with E-state index in [1.165, 1.54) is 0 Å². The quantitative estimate of drug-likeness (QED) is 0.801. The summed E-state index contributed by atoms with van der Waals surface area (Å²) < 4.78 is 5.43. The van der Waals surface area contributed by atoms with Gasteiger partial charge in [-0.05, 0) is 27.7 Å².